The first-order valence-corrected chi connectivity index (χ1v) is 14.5. The summed E-state index contributed by atoms with van der Waals surface area (Å²) in [5, 5.41) is 0. The van der Waals surface area contributed by atoms with E-state index in [9.17, 15) is 9.59 Å². The predicted molar refractivity (Wildman–Crippen MR) is 159 cm³/mol. The zero-order valence-electron chi connectivity index (χ0n) is 24.1. The van der Waals surface area contributed by atoms with Crippen molar-refractivity contribution < 1.29 is 23.5 Å². The van der Waals surface area contributed by atoms with Crippen molar-refractivity contribution in [1.82, 2.24) is 14.8 Å². The van der Waals surface area contributed by atoms with E-state index in [0.29, 0.717) is 38.7 Å². The first-order chi connectivity index (χ1) is 20.5. The molecule has 1 amide bonds. The molecule has 0 aliphatic carbocycles. The molecule has 8 nitrogen and oxygen atoms in total. The van der Waals surface area contributed by atoms with Gasteiger partial charge in [-0.2, -0.15) is 0 Å². The number of carbonyl (C=O) groups is 2. The monoisotopic (exact) mass is 567 g/mol. The maximum absolute atomic E-state index is 13.3. The van der Waals surface area contributed by atoms with Crippen LogP contribution in [0.5, 0.6) is 11.5 Å². The predicted octanol–water partition coefficient (Wildman–Crippen LogP) is 6.65. The van der Waals surface area contributed by atoms with Crippen LogP contribution >= 0.6 is 0 Å². The average Bonchev–Trinajstić information content (AvgIpc) is 3.50. The van der Waals surface area contributed by atoms with E-state index in [-0.39, 0.29) is 29.5 Å². The van der Waals surface area contributed by atoms with Gasteiger partial charge in [0.05, 0.1) is 19.1 Å². The molecule has 1 aliphatic heterocycles. The summed E-state index contributed by atoms with van der Waals surface area (Å²) in [6.45, 7) is 6.20. The number of esters is 1. The minimum atomic E-state index is -0.308. The zero-order chi connectivity index (χ0) is 29.3. The molecule has 4 aromatic rings. The van der Waals surface area contributed by atoms with Gasteiger partial charge < -0.3 is 18.8 Å². The number of hydrogen-bond acceptors (Lipinski definition) is 7. The summed E-state index contributed by atoms with van der Waals surface area (Å²) in [7, 11) is 0. The second kappa shape index (κ2) is 14.0. The number of ether oxygens (including phenoxy) is 2. The van der Waals surface area contributed by atoms with Gasteiger partial charge in [0, 0.05) is 25.7 Å². The number of para-hydroxylation sites is 1. The lowest BCUT2D eigenvalue weighted by Gasteiger charge is -2.31. The molecular formula is C34H37N3O5. The molecule has 42 heavy (non-hydrogen) atoms. The van der Waals surface area contributed by atoms with Gasteiger partial charge in [-0.15, -0.1) is 0 Å². The summed E-state index contributed by atoms with van der Waals surface area (Å²) in [4.78, 5) is 34.1. The molecule has 0 unspecified atom stereocenters. The minimum Gasteiger partial charge on any atom is -0.466 e. The van der Waals surface area contributed by atoms with Gasteiger partial charge in [-0.25, -0.2) is 4.98 Å². The van der Waals surface area contributed by atoms with E-state index >= 15 is 0 Å². The third kappa shape index (κ3) is 7.44. The number of piperidine rings is 1. The SMILES string of the molecule is CCOC(=O)[C@@H]1CCCN(C(=O)c2coc(CN(Cc3cccc(Oc4ccccc4)c3)[C@@H](C)c3ccccc3)n2)C1. The fraction of sp³-hybridized carbons (Fsp3) is 0.324. The zero-order valence-corrected chi connectivity index (χ0v) is 24.1. The molecule has 1 saturated heterocycles. The Balaban J connectivity index is 1.31. The number of aromatic nitrogens is 1. The van der Waals surface area contributed by atoms with Crippen LogP contribution in [0.1, 0.15) is 60.2 Å². The molecule has 1 aromatic heterocycles. The van der Waals surface area contributed by atoms with Crippen molar-refractivity contribution in [3.63, 3.8) is 0 Å². The maximum Gasteiger partial charge on any atom is 0.310 e. The summed E-state index contributed by atoms with van der Waals surface area (Å²) in [5.41, 5.74) is 2.49. The highest BCUT2D eigenvalue weighted by molar-refractivity contribution is 5.92. The number of nitrogens with zero attached hydrogens (tertiary/aromatic N) is 3. The molecule has 0 spiro atoms. The summed E-state index contributed by atoms with van der Waals surface area (Å²) in [6.07, 6.45) is 2.89. The third-order valence-electron chi connectivity index (χ3n) is 7.53. The minimum absolute atomic E-state index is 0.0448. The van der Waals surface area contributed by atoms with Crippen LogP contribution in [0.2, 0.25) is 0 Å². The van der Waals surface area contributed by atoms with E-state index in [2.05, 4.69) is 35.0 Å². The Bertz CT molecular complexity index is 1460. The third-order valence-corrected chi connectivity index (χ3v) is 7.53. The van der Waals surface area contributed by atoms with Gasteiger partial charge >= 0.3 is 5.97 Å². The average molecular weight is 568 g/mol. The maximum atomic E-state index is 13.3. The first-order valence-electron chi connectivity index (χ1n) is 14.5. The van der Waals surface area contributed by atoms with Crippen LogP contribution < -0.4 is 4.74 Å². The second-order valence-corrected chi connectivity index (χ2v) is 10.5. The lowest BCUT2D eigenvalue weighted by molar-refractivity contribution is -0.149. The quantitative estimate of drug-likeness (QED) is 0.188. The summed E-state index contributed by atoms with van der Waals surface area (Å²) in [5.74, 6) is 1.21. The second-order valence-electron chi connectivity index (χ2n) is 10.5. The Hall–Kier alpha value is -4.43. The van der Waals surface area contributed by atoms with Crippen LogP contribution in [0.4, 0.5) is 0 Å². The molecule has 8 heteroatoms. The summed E-state index contributed by atoms with van der Waals surface area (Å²) < 4.78 is 17.1. The van der Waals surface area contributed by atoms with E-state index in [4.69, 9.17) is 13.9 Å². The van der Waals surface area contributed by atoms with Gasteiger partial charge in [0.1, 0.15) is 17.8 Å². The van der Waals surface area contributed by atoms with E-state index in [0.717, 1.165) is 35.5 Å². The van der Waals surface area contributed by atoms with Crippen molar-refractivity contribution in [2.45, 2.75) is 45.8 Å². The Labute approximate surface area is 246 Å². The number of likely N-dealkylation sites (tertiary alicyclic amines) is 1. The number of rotatable bonds is 11. The van der Waals surface area contributed by atoms with Crippen LogP contribution in [-0.2, 0) is 22.6 Å². The van der Waals surface area contributed by atoms with Crippen molar-refractivity contribution in [3.05, 3.63) is 114 Å². The molecule has 2 atom stereocenters. The topological polar surface area (TPSA) is 85.1 Å². The molecule has 0 saturated carbocycles. The van der Waals surface area contributed by atoms with Gasteiger partial charge in [0.15, 0.2) is 5.69 Å². The number of carbonyl (C=O) groups excluding carboxylic acids is 2. The standard InChI is InChI=1S/C34H37N3O5/c1-3-40-34(39)28-15-11-19-36(22-28)33(38)31-24-41-32(35-31)23-37(25(2)27-13-6-4-7-14-27)21-26-12-10-18-30(20-26)42-29-16-8-5-9-17-29/h4-10,12-14,16-18,20,24-25,28H,3,11,15,19,21-23H2,1-2H3/t25-,28+/m0/s1. The van der Waals surface area contributed by atoms with E-state index in [1.165, 1.54) is 6.26 Å². The normalized spacial score (nSPS) is 15.8. The van der Waals surface area contributed by atoms with E-state index in [1.54, 1.807) is 11.8 Å². The first kappa shape index (κ1) is 29.1. The van der Waals surface area contributed by atoms with E-state index in [1.807, 2.05) is 66.7 Å². The molecule has 0 N–H and O–H groups in total. The Morgan fingerprint density at radius 3 is 2.50 bits per heavy atom. The number of benzene rings is 3. The van der Waals surface area contributed by atoms with Crippen LogP contribution in [0.25, 0.3) is 0 Å². The van der Waals surface area contributed by atoms with Gasteiger partial charge in [-0.3, -0.25) is 14.5 Å². The fourth-order valence-electron chi connectivity index (χ4n) is 5.27. The molecule has 5 rings (SSSR count). The summed E-state index contributed by atoms with van der Waals surface area (Å²) in [6, 6.07) is 28.1. The molecule has 1 aliphatic rings. The fourth-order valence-corrected chi connectivity index (χ4v) is 5.27. The Kier molecular flexibility index (Phi) is 9.66. The number of hydrogen-bond donors (Lipinski definition) is 0. The number of oxazole rings is 1. The van der Waals surface area contributed by atoms with Crippen LogP contribution in [-0.4, -0.2) is 46.4 Å². The highest BCUT2D eigenvalue weighted by atomic mass is 16.5. The highest BCUT2D eigenvalue weighted by Crippen LogP contribution is 2.28. The van der Waals surface area contributed by atoms with Gasteiger partial charge in [0.2, 0.25) is 5.89 Å². The van der Waals surface area contributed by atoms with Crippen molar-refractivity contribution in [2.75, 3.05) is 19.7 Å². The van der Waals surface area contributed by atoms with Crippen molar-refractivity contribution >= 4 is 11.9 Å². The molecule has 3 aromatic carbocycles. The van der Waals surface area contributed by atoms with Gasteiger partial charge in [0.25, 0.3) is 5.91 Å². The molecule has 0 bridgehead atoms. The van der Waals surface area contributed by atoms with Crippen molar-refractivity contribution in [2.24, 2.45) is 5.92 Å². The van der Waals surface area contributed by atoms with Crippen LogP contribution in [0.15, 0.2) is 95.6 Å². The Morgan fingerprint density at radius 2 is 1.74 bits per heavy atom. The van der Waals surface area contributed by atoms with Crippen molar-refractivity contribution in [3.8, 4) is 11.5 Å². The highest BCUT2D eigenvalue weighted by Gasteiger charge is 2.31. The summed E-state index contributed by atoms with van der Waals surface area (Å²) >= 11 is 0. The van der Waals surface area contributed by atoms with Crippen molar-refractivity contribution in [1.29, 1.82) is 0 Å². The van der Waals surface area contributed by atoms with Crippen LogP contribution in [0.3, 0.4) is 0 Å². The molecule has 2 heterocycles. The molecule has 0 radical (unpaired) electrons. The number of amides is 1. The Morgan fingerprint density at radius 1 is 1.00 bits per heavy atom. The largest absolute Gasteiger partial charge is 0.466 e. The smallest absolute Gasteiger partial charge is 0.310 e. The lowest BCUT2D eigenvalue weighted by Crippen LogP contribution is -2.43. The molecular weight excluding hydrogens is 530 g/mol. The van der Waals surface area contributed by atoms with E-state index < -0.39 is 0 Å². The molecule has 1 fully saturated rings. The lowest BCUT2D eigenvalue weighted by atomic mass is 9.98. The van der Waals surface area contributed by atoms with Crippen LogP contribution in [0, 0.1) is 5.92 Å². The molecule has 218 valence electrons. The van der Waals surface area contributed by atoms with Gasteiger partial charge in [-0.1, -0.05) is 60.7 Å². The van der Waals surface area contributed by atoms with Gasteiger partial charge in [-0.05, 0) is 62.1 Å².